The summed E-state index contributed by atoms with van der Waals surface area (Å²) < 4.78 is 83.3. The molecule has 2 aromatic carbocycles. The summed E-state index contributed by atoms with van der Waals surface area (Å²) in [6, 6.07) is 7.84. The molecule has 0 heterocycles. The van der Waals surface area contributed by atoms with Crippen molar-refractivity contribution < 1.29 is 51.2 Å². The summed E-state index contributed by atoms with van der Waals surface area (Å²) in [4.78, 5) is 13.2. The Morgan fingerprint density at radius 2 is 1.84 bits per heavy atom. The topological polar surface area (TPSA) is 97.3 Å². The van der Waals surface area contributed by atoms with E-state index in [1.165, 1.54) is 31.4 Å². The highest BCUT2D eigenvalue weighted by atomic mass is 19.4. The quantitative estimate of drug-likeness (QED) is 0.321. The van der Waals surface area contributed by atoms with Crippen LogP contribution in [-0.4, -0.2) is 60.3 Å². The molecule has 0 bridgehead atoms. The highest BCUT2D eigenvalue weighted by Crippen LogP contribution is 2.36. The van der Waals surface area contributed by atoms with Gasteiger partial charge < -0.3 is 29.7 Å². The monoisotopic (exact) mass is 533 g/mol. The Kier molecular flexibility index (Phi) is 9.59. The van der Waals surface area contributed by atoms with Crippen LogP contribution in [-0.2, 0) is 38.4 Å². The van der Waals surface area contributed by atoms with E-state index < -0.39 is 66.4 Å². The molecule has 4 atom stereocenters. The zero-order valence-corrected chi connectivity index (χ0v) is 19.9. The van der Waals surface area contributed by atoms with Crippen molar-refractivity contribution in [2.24, 2.45) is 0 Å². The second-order valence-electron chi connectivity index (χ2n) is 8.76. The number of aliphatic hydroxyl groups is 2. The first-order chi connectivity index (χ1) is 17.5. The number of hydrogen-bond donors (Lipinski definition) is 3. The van der Waals surface area contributed by atoms with E-state index in [4.69, 9.17) is 14.2 Å². The number of carbonyl (C=O) groups excluding carboxylic acids is 1. The fourth-order valence-corrected chi connectivity index (χ4v) is 4.11. The van der Waals surface area contributed by atoms with E-state index in [1.807, 2.05) is 0 Å². The lowest BCUT2D eigenvalue weighted by Crippen LogP contribution is -2.60. The van der Waals surface area contributed by atoms with E-state index in [0.29, 0.717) is 0 Å². The number of amides is 1. The summed E-state index contributed by atoms with van der Waals surface area (Å²) in [6.07, 6.45) is -9.55. The minimum atomic E-state index is -4.58. The molecule has 204 valence electrons. The van der Waals surface area contributed by atoms with Crippen LogP contribution in [0.15, 0.2) is 42.5 Å². The minimum absolute atomic E-state index is 0.0721. The Labute approximate surface area is 210 Å². The van der Waals surface area contributed by atoms with Crippen molar-refractivity contribution in [3.63, 3.8) is 0 Å². The Balaban J connectivity index is 1.83. The summed E-state index contributed by atoms with van der Waals surface area (Å²) in [6.45, 7) is -0.676. The summed E-state index contributed by atoms with van der Waals surface area (Å²) in [5.74, 6) is -2.94. The molecule has 1 aliphatic carbocycles. The zero-order valence-electron chi connectivity index (χ0n) is 19.9. The van der Waals surface area contributed by atoms with Crippen molar-refractivity contribution in [2.45, 2.75) is 56.1 Å². The van der Waals surface area contributed by atoms with Crippen LogP contribution in [0.4, 0.5) is 22.0 Å². The van der Waals surface area contributed by atoms with E-state index in [2.05, 4.69) is 5.32 Å². The van der Waals surface area contributed by atoms with Gasteiger partial charge in [0.2, 0.25) is 0 Å². The molecule has 0 spiro atoms. The van der Waals surface area contributed by atoms with Crippen LogP contribution in [0.5, 0.6) is 0 Å². The van der Waals surface area contributed by atoms with Crippen LogP contribution in [0.2, 0.25) is 0 Å². The second kappa shape index (κ2) is 12.3. The van der Waals surface area contributed by atoms with Gasteiger partial charge in [0.25, 0.3) is 5.91 Å². The number of benzene rings is 2. The number of rotatable bonds is 10. The van der Waals surface area contributed by atoms with Gasteiger partial charge in [0, 0.05) is 32.1 Å². The molecule has 1 aliphatic rings. The van der Waals surface area contributed by atoms with Crippen molar-refractivity contribution in [1.29, 1.82) is 0 Å². The molecule has 1 amide bonds. The highest BCUT2D eigenvalue weighted by molar-refractivity contribution is 5.85. The molecule has 0 saturated heterocycles. The van der Waals surface area contributed by atoms with Crippen LogP contribution in [0.1, 0.15) is 29.5 Å². The maximum absolute atomic E-state index is 14.1. The third-order valence-electron chi connectivity index (χ3n) is 6.10. The maximum Gasteiger partial charge on any atom is 0.416 e. The van der Waals surface area contributed by atoms with Gasteiger partial charge in [0.05, 0.1) is 37.6 Å². The van der Waals surface area contributed by atoms with Gasteiger partial charge >= 0.3 is 6.18 Å². The van der Waals surface area contributed by atoms with Gasteiger partial charge in [-0.05, 0) is 23.8 Å². The lowest BCUT2D eigenvalue weighted by Gasteiger charge is -2.44. The van der Waals surface area contributed by atoms with Crippen molar-refractivity contribution in [2.75, 3.05) is 20.3 Å². The van der Waals surface area contributed by atoms with E-state index in [9.17, 15) is 37.0 Å². The zero-order chi connectivity index (χ0) is 27.2. The van der Waals surface area contributed by atoms with Crippen LogP contribution >= 0.6 is 0 Å². The minimum Gasteiger partial charge on any atom is -0.390 e. The largest absolute Gasteiger partial charge is 0.416 e. The number of alkyl halides is 3. The Morgan fingerprint density at radius 1 is 1.11 bits per heavy atom. The van der Waals surface area contributed by atoms with Gasteiger partial charge in [0.15, 0.2) is 17.2 Å². The van der Waals surface area contributed by atoms with E-state index in [-0.39, 0.29) is 37.1 Å². The molecule has 0 aliphatic heterocycles. The number of ether oxygens (including phenoxy) is 3. The summed E-state index contributed by atoms with van der Waals surface area (Å²) >= 11 is 0. The van der Waals surface area contributed by atoms with E-state index >= 15 is 0 Å². The van der Waals surface area contributed by atoms with Crippen LogP contribution < -0.4 is 5.32 Å². The van der Waals surface area contributed by atoms with Crippen LogP contribution in [0.25, 0.3) is 0 Å². The van der Waals surface area contributed by atoms with Gasteiger partial charge in [-0.1, -0.05) is 24.3 Å². The van der Waals surface area contributed by atoms with Gasteiger partial charge in [-0.2, -0.15) is 13.2 Å². The van der Waals surface area contributed by atoms with Gasteiger partial charge in [-0.15, -0.1) is 0 Å². The standard InChI is InChI=1S/C25H28F5NO6/c1-35-9-8-31-23(34)24(37-13-15-4-2-6-17(10-15)25(28,29)30)11-19(32)22(33)20(12-24)36-14-16-5-3-7-18(26)21(16)27/h2-7,10,19-20,22,32-33H,8-9,11-14H2,1H3,(H,31,34)/t19-,20?,22-,24+/m1/s1. The maximum atomic E-state index is 14.1. The molecule has 37 heavy (non-hydrogen) atoms. The molecule has 1 unspecified atom stereocenters. The average Bonchev–Trinajstić information content (AvgIpc) is 2.86. The lowest BCUT2D eigenvalue weighted by atomic mass is 9.78. The predicted octanol–water partition coefficient (Wildman–Crippen LogP) is 3.10. The van der Waals surface area contributed by atoms with Crippen molar-refractivity contribution in [3.8, 4) is 0 Å². The molecular weight excluding hydrogens is 505 g/mol. The van der Waals surface area contributed by atoms with Crippen LogP contribution in [0.3, 0.4) is 0 Å². The van der Waals surface area contributed by atoms with Crippen molar-refractivity contribution in [1.82, 2.24) is 5.32 Å². The molecule has 1 fully saturated rings. The van der Waals surface area contributed by atoms with Gasteiger partial charge in [-0.25, -0.2) is 8.78 Å². The Hall–Kier alpha value is -2.64. The molecule has 3 N–H and O–H groups in total. The molecular formula is C25H28F5NO6. The number of aliphatic hydroxyl groups excluding tert-OH is 2. The van der Waals surface area contributed by atoms with Crippen molar-refractivity contribution >= 4 is 5.91 Å². The summed E-state index contributed by atoms with van der Waals surface area (Å²) in [5.41, 5.74) is -2.73. The Morgan fingerprint density at radius 3 is 2.54 bits per heavy atom. The SMILES string of the molecule is COCCNC(=O)[C@@]1(OCc2cccc(C(F)(F)F)c2)CC(OCc2cccc(F)c2F)[C@H](O)[C@H](O)C1. The third kappa shape index (κ3) is 7.23. The van der Waals surface area contributed by atoms with E-state index in [0.717, 1.165) is 18.2 Å². The molecule has 1 saturated carbocycles. The first-order valence-electron chi connectivity index (χ1n) is 11.4. The fourth-order valence-electron chi connectivity index (χ4n) is 4.11. The fraction of sp³-hybridized carbons (Fsp3) is 0.480. The molecule has 3 rings (SSSR count). The molecule has 2 aromatic rings. The van der Waals surface area contributed by atoms with Crippen LogP contribution in [0, 0.1) is 11.6 Å². The normalized spacial score (nSPS) is 24.2. The number of hydrogen-bond acceptors (Lipinski definition) is 6. The van der Waals surface area contributed by atoms with Gasteiger partial charge in [0.1, 0.15) is 6.10 Å². The predicted molar refractivity (Wildman–Crippen MR) is 120 cm³/mol. The number of nitrogens with one attached hydrogen (secondary N) is 1. The lowest BCUT2D eigenvalue weighted by molar-refractivity contribution is -0.200. The average molecular weight is 533 g/mol. The number of halogens is 5. The molecule has 0 aromatic heterocycles. The summed E-state index contributed by atoms with van der Waals surface area (Å²) in [5, 5.41) is 23.6. The molecule has 7 nitrogen and oxygen atoms in total. The van der Waals surface area contributed by atoms with Crippen molar-refractivity contribution in [3.05, 3.63) is 70.8 Å². The first kappa shape index (κ1) is 28.9. The molecule has 0 radical (unpaired) electrons. The third-order valence-corrected chi connectivity index (χ3v) is 6.10. The summed E-state index contributed by atoms with van der Waals surface area (Å²) in [7, 11) is 1.42. The first-order valence-corrected chi connectivity index (χ1v) is 11.4. The number of methoxy groups -OCH3 is 1. The second-order valence-corrected chi connectivity index (χ2v) is 8.76. The smallest absolute Gasteiger partial charge is 0.390 e. The molecule has 12 heteroatoms. The van der Waals surface area contributed by atoms with E-state index in [1.54, 1.807) is 0 Å². The Bertz CT molecular complexity index is 1070. The number of carbonyl (C=O) groups is 1. The highest BCUT2D eigenvalue weighted by Gasteiger charge is 2.51. The van der Waals surface area contributed by atoms with Gasteiger partial charge in [-0.3, -0.25) is 4.79 Å².